The molecule has 13 nitrogen and oxygen atoms in total. The van der Waals surface area contributed by atoms with E-state index in [1.165, 1.54) is 77.6 Å². The predicted molar refractivity (Wildman–Crippen MR) is 195 cm³/mol. The Morgan fingerprint density at radius 3 is 0.824 bits per heavy atom. The third-order valence-corrected chi connectivity index (χ3v) is 7.48. The highest BCUT2D eigenvalue weighted by molar-refractivity contribution is 5.69. The van der Waals surface area contributed by atoms with Gasteiger partial charge in [-0.05, 0) is 6.42 Å². The second-order valence-electron chi connectivity index (χ2n) is 12.1. The number of carbonyl (C=O) groups excluding carboxylic acids is 2. The van der Waals surface area contributed by atoms with Crippen LogP contribution in [-0.4, -0.2) is 144 Å². The summed E-state index contributed by atoms with van der Waals surface area (Å²) < 4.78 is 58.9. The van der Waals surface area contributed by atoms with Crippen molar-refractivity contribution in [2.45, 2.75) is 104 Å². The van der Waals surface area contributed by atoms with Gasteiger partial charge in [-0.2, -0.15) is 0 Å². The molecule has 0 saturated carbocycles. The van der Waals surface area contributed by atoms with E-state index in [4.69, 9.17) is 52.1 Å². The number of esters is 2. The number of unbranched alkanes of at least 4 members (excludes halogenated alkanes) is 12. The summed E-state index contributed by atoms with van der Waals surface area (Å²) in [6.45, 7) is 12.6. The van der Waals surface area contributed by atoms with Gasteiger partial charge in [0, 0.05) is 13.3 Å². The van der Waals surface area contributed by atoms with Gasteiger partial charge in [0.05, 0.1) is 119 Å². The zero-order valence-electron chi connectivity index (χ0n) is 32.3. The molecule has 0 aromatic heterocycles. The van der Waals surface area contributed by atoms with E-state index in [9.17, 15) is 9.59 Å². The van der Waals surface area contributed by atoms with Crippen molar-refractivity contribution in [3.05, 3.63) is 0 Å². The maximum Gasteiger partial charge on any atom is 0.305 e. The lowest BCUT2D eigenvalue weighted by molar-refractivity contribution is -0.145. The first-order chi connectivity index (χ1) is 25.2. The third-order valence-electron chi connectivity index (χ3n) is 7.48. The van der Waals surface area contributed by atoms with Gasteiger partial charge in [0.15, 0.2) is 0 Å². The van der Waals surface area contributed by atoms with Crippen LogP contribution in [0.4, 0.5) is 0 Å². The Labute approximate surface area is 309 Å². The minimum absolute atomic E-state index is 0.135. The van der Waals surface area contributed by atoms with Crippen LogP contribution >= 0.6 is 0 Å². The summed E-state index contributed by atoms with van der Waals surface area (Å²) in [6.07, 6.45) is 17.3. The molecule has 0 atom stereocenters. The first-order valence-corrected chi connectivity index (χ1v) is 19.7. The highest BCUT2D eigenvalue weighted by Crippen LogP contribution is 2.13. The molecule has 0 aromatic carbocycles. The van der Waals surface area contributed by atoms with Crippen LogP contribution in [0, 0.1) is 0 Å². The quantitative estimate of drug-likeness (QED) is 0.0557. The molecule has 0 rings (SSSR count). The smallest absolute Gasteiger partial charge is 0.305 e. The molecule has 0 radical (unpaired) electrons. The van der Waals surface area contributed by atoms with Crippen LogP contribution in [0.2, 0.25) is 0 Å². The number of ether oxygens (including phenoxy) is 11. The van der Waals surface area contributed by atoms with Crippen molar-refractivity contribution < 1.29 is 61.7 Å². The molecule has 0 aliphatic rings. The molecule has 0 heterocycles. The van der Waals surface area contributed by atoms with Gasteiger partial charge in [-0.15, -0.1) is 0 Å². The molecule has 0 unspecified atom stereocenters. The molecule has 13 heteroatoms. The molecule has 0 spiro atoms. The zero-order valence-corrected chi connectivity index (χ0v) is 32.3. The average Bonchev–Trinajstić information content (AvgIpc) is 3.12. The monoisotopic (exact) mass is 739 g/mol. The van der Waals surface area contributed by atoms with E-state index in [0.29, 0.717) is 125 Å². The van der Waals surface area contributed by atoms with Gasteiger partial charge < -0.3 is 52.1 Å². The molecule has 0 aliphatic heterocycles. The lowest BCUT2D eigenvalue weighted by Crippen LogP contribution is -2.15. The Hall–Kier alpha value is -1.42. The fourth-order valence-corrected chi connectivity index (χ4v) is 4.68. The molecule has 304 valence electrons. The Bertz CT molecular complexity index is 699. The predicted octanol–water partition coefficient (Wildman–Crippen LogP) is 5.72. The van der Waals surface area contributed by atoms with Gasteiger partial charge in [-0.3, -0.25) is 9.59 Å². The van der Waals surface area contributed by atoms with E-state index in [0.717, 1.165) is 12.8 Å². The van der Waals surface area contributed by atoms with Gasteiger partial charge in [-0.1, -0.05) is 84.0 Å². The molecule has 0 fully saturated rings. The van der Waals surface area contributed by atoms with Crippen molar-refractivity contribution in [3.63, 3.8) is 0 Å². The van der Waals surface area contributed by atoms with Gasteiger partial charge in [-0.25, -0.2) is 0 Å². The first kappa shape index (κ1) is 49.6. The first-order valence-electron chi connectivity index (χ1n) is 19.7. The van der Waals surface area contributed by atoms with E-state index >= 15 is 0 Å². The molecular weight excluding hydrogens is 664 g/mol. The van der Waals surface area contributed by atoms with E-state index in [2.05, 4.69) is 6.92 Å². The molecule has 0 saturated heterocycles. The zero-order chi connectivity index (χ0) is 37.0. The minimum atomic E-state index is -0.312. The van der Waals surface area contributed by atoms with Crippen molar-refractivity contribution in [1.29, 1.82) is 0 Å². The van der Waals surface area contributed by atoms with E-state index in [-0.39, 0.29) is 25.2 Å². The Morgan fingerprint density at radius 1 is 0.314 bits per heavy atom. The Morgan fingerprint density at radius 2 is 0.549 bits per heavy atom. The van der Waals surface area contributed by atoms with Crippen molar-refractivity contribution in [2.24, 2.45) is 0 Å². The summed E-state index contributed by atoms with van der Waals surface area (Å²) in [5.74, 6) is -0.447. The molecule has 0 amide bonds. The lowest BCUT2D eigenvalue weighted by Gasteiger charge is -2.09. The third kappa shape index (κ3) is 46.6. The van der Waals surface area contributed by atoms with E-state index in [1.807, 2.05) is 0 Å². The van der Waals surface area contributed by atoms with Crippen LogP contribution < -0.4 is 0 Å². The Kier molecular flexibility index (Phi) is 43.5. The highest BCUT2D eigenvalue weighted by atomic mass is 16.6. The normalized spacial score (nSPS) is 11.3. The highest BCUT2D eigenvalue weighted by Gasteiger charge is 2.03. The fraction of sp³-hybridized carbons (Fsp3) is 0.947. The summed E-state index contributed by atoms with van der Waals surface area (Å²) in [4.78, 5) is 22.5. The van der Waals surface area contributed by atoms with Crippen molar-refractivity contribution in [1.82, 2.24) is 0 Å². The topological polar surface area (TPSA) is 136 Å². The molecule has 0 aliphatic carbocycles. The SMILES string of the molecule is CCCCCCCCCCCCCCCC(=O)OCCOCCOCCOCCOCCOCCOCCOCCOCCOCCOC(C)=O. The van der Waals surface area contributed by atoms with Crippen LogP contribution in [0.15, 0.2) is 0 Å². The lowest BCUT2D eigenvalue weighted by atomic mass is 10.0. The van der Waals surface area contributed by atoms with Crippen LogP contribution in [0.5, 0.6) is 0 Å². The van der Waals surface area contributed by atoms with Crippen molar-refractivity contribution in [2.75, 3.05) is 132 Å². The number of rotatable bonds is 44. The summed E-state index contributed by atoms with van der Waals surface area (Å²) in [5.41, 5.74) is 0. The van der Waals surface area contributed by atoms with Crippen LogP contribution in [0.25, 0.3) is 0 Å². The molecule has 0 aromatic rings. The second kappa shape index (κ2) is 44.7. The maximum absolute atomic E-state index is 11.9. The van der Waals surface area contributed by atoms with Crippen molar-refractivity contribution in [3.8, 4) is 0 Å². The van der Waals surface area contributed by atoms with E-state index < -0.39 is 0 Å². The number of hydrogen-bond donors (Lipinski definition) is 0. The average molecular weight is 739 g/mol. The van der Waals surface area contributed by atoms with Crippen LogP contribution in [-0.2, 0) is 61.7 Å². The summed E-state index contributed by atoms with van der Waals surface area (Å²) in [5, 5.41) is 0. The van der Waals surface area contributed by atoms with Crippen LogP contribution in [0.1, 0.15) is 104 Å². The number of carbonyl (C=O) groups is 2. The standard InChI is InChI=1S/C38H74O13/c1-3-4-5-6-7-8-9-10-11-12-13-14-15-16-38(40)51-36-34-49-32-30-47-28-26-45-24-22-43-20-18-41-17-19-42-21-23-44-25-27-46-29-31-48-33-35-50-37(2)39/h3-36H2,1-2H3. The van der Waals surface area contributed by atoms with E-state index in [1.54, 1.807) is 0 Å². The van der Waals surface area contributed by atoms with Gasteiger partial charge in [0.2, 0.25) is 0 Å². The minimum Gasteiger partial charge on any atom is -0.463 e. The van der Waals surface area contributed by atoms with Gasteiger partial charge >= 0.3 is 11.9 Å². The number of hydrogen-bond acceptors (Lipinski definition) is 13. The summed E-state index contributed by atoms with van der Waals surface area (Å²) >= 11 is 0. The fourth-order valence-electron chi connectivity index (χ4n) is 4.68. The van der Waals surface area contributed by atoms with Crippen molar-refractivity contribution >= 4 is 11.9 Å². The Balaban J connectivity index is 3.13. The second-order valence-corrected chi connectivity index (χ2v) is 12.1. The van der Waals surface area contributed by atoms with Gasteiger partial charge in [0.25, 0.3) is 0 Å². The molecule has 0 bridgehead atoms. The molecule has 0 N–H and O–H groups in total. The summed E-state index contributed by atoms with van der Waals surface area (Å²) in [6, 6.07) is 0. The summed E-state index contributed by atoms with van der Waals surface area (Å²) in [7, 11) is 0. The van der Waals surface area contributed by atoms with Gasteiger partial charge in [0.1, 0.15) is 13.2 Å². The largest absolute Gasteiger partial charge is 0.463 e. The van der Waals surface area contributed by atoms with Crippen LogP contribution in [0.3, 0.4) is 0 Å². The maximum atomic E-state index is 11.9. The molecule has 51 heavy (non-hydrogen) atoms. The molecular formula is C38H74O13.